The summed E-state index contributed by atoms with van der Waals surface area (Å²) in [7, 11) is -3.59. The van der Waals surface area contributed by atoms with Crippen molar-refractivity contribution < 1.29 is 8.42 Å². The predicted octanol–water partition coefficient (Wildman–Crippen LogP) is 1.13. The largest absolute Gasteiger partial charge is 0.286 e. The molecule has 0 aliphatic rings. The molecule has 4 aromatic rings. The van der Waals surface area contributed by atoms with Gasteiger partial charge in [-0.3, -0.25) is 9.50 Å². The molecule has 24 heavy (non-hydrogen) atoms. The molecule has 0 radical (unpaired) electrons. The maximum Gasteiger partial charge on any atom is 0.240 e. The summed E-state index contributed by atoms with van der Waals surface area (Å²) in [6.07, 6.45) is 3.94. The Morgan fingerprint density at radius 2 is 2.08 bits per heavy atom. The van der Waals surface area contributed by atoms with E-state index in [1.807, 2.05) is 28.8 Å². The van der Waals surface area contributed by atoms with E-state index in [9.17, 15) is 8.42 Å². The molecule has 122 valence electrons. The molecule has 1 aromatic carbocycles. The summed E-state index contributed by atoms with van der Waals surface area (Å²) >= 11 is 0. The maximum atomic E-state index is 12.4. The molecule has 0 atom stereocenters. The van der Waals surface area contributed by atoms with Crippen LogP contribution in [0.2, 0.25) is 0 Å². The van der Waals surface area contributed by atoms with Crippen LogP contribution in [-0.2, 0) is 16.4 Å². The average molecular weight is 342 g/mol. The Bertz CT molecular complexity index is 1120. The third-order valence-electron chi connectivity index (χ3n) is 3.75. The number of benzene rings is 1. The quantitative estimate of drug-likeness (QED) is 0.565. The van der Waals surface area contributed by atoms with Gasteiger partial charge in [0.05, 0.1) is 16.6 Å². The smallest absolute Gasteiger partial charge is 0.240 e. The Balaban J connectivity index is 1.50. The zero-order valence-electron chi connectivity index (χ0n) is 12.5. The molecule has 2 N–H and O–H groups in total. The fourth-order valence-corrected chi connectivity index (χ4v) is 3.58. The van der Waals surface area contributed by atoms with Gasteiger partial charge in [0.2, 0.25) is 10.0 Å². The van der Waals surface area contributed by atoms with Crippen LogP contribution in [0.25, 0.3) is 16.6 Å². The fourth-order valence-electron chi connectivity index (χ4n) is 2.53. The van der Waals surface area contributed by atoms with Crippen LogP contribution < -0.4 is 4.72 Å². The number of hydrogen-bond donors (Lipinski definition) is 2. The number of H-pyrrole nitrogens is 1. The summed E-state index contributed by atoms with van der Waals surface area (Å²) in [5.74, 6) is 0.706. The summed E-state index contributed by atoms with van der Waals surface area (Å²) in [5.41, 5.74) is 1.42. The number of nitrogens with one attached hydrogen (secondary N) is 2. The van der Waals surface area contributed by atoms with Crippen LogP contribution in [0.3, 0.4) is 0 Å². The van der Waals surface area contributed by atoms with Gasteiger partial charge in [0.25, 0.3) is 0 Å². The summed E-state index contributed by atoms with van der Waals surface area (Å²) in [6, 6.07) is 10.5. The van der Waals surface area contributed by atoms with Gasteiger partial charge < -0.3 is 0 Å². The molecule has 3 heterocycles. The second-order valence-corrected chi connectivity index (χ2v) is 7.08. The van der Waals surface area contributed by atoms with E-state index in [4.69, 9.17) is 0 Å². The van der Waals surface area contributed by atoms with Crippen molar-refractivity contribution in [3.8, 4) is 0 Å². The first-order chi connectivity index (χ1) is 11.6. The summed E-state index contributed by atoms with van der Waals surface area (Å²) in [6.45, 7) is 0.235. The molecule has 0 aliphatic carbocycles. The van der Waals surface area contributed by atoms with Crippen LogP contribution in [-0.4, -0.2) is 39.8 Å². The minimum atomic E-state index is -3.59. The van der Waals surface area contributed by atoms with E-state index in [-0.39, 0.29) is 11.4 Å². The summed E-state index contributed by atoms with van der Waals surface area (Å²) in [4.78, 5) is 0.199. The van der Waals surface area contributed by atoms with Crippen molar-refractivity contribution in [1.29, 1.82) is 0 Å². The topological polar surface area (TPSA) is 105 Å². The van der Waals surface area contributed by atoms with E-state index >= 15 is 0 Å². The molecule has 9 heteroatoms. The lowest BCUT2D eigenvalue weighted by Gasteiger charge is -2.06. The number of sulfonamides is 1. The Morgan fingerprint density at radius 3 is 3.00 bits per heavy atom. The number of nitrogens with zero attached hydrogens (tertiary/aromatic N) is 4. The second-order valence-electron chi connectivity index (χ2n) is 5.31. The lowest BCUT2D eigenvalue weighted by atomic mass is 10.3. The van der Waals surface area contributed by atoms with Crippen molar-refractivity contribution in [3.63, 3.8) is 0 Å². The molecular weight excluding hydrogens is 328 g/mol. The van der Waals surface area contributed by atoms with Crippen molar-refractivity contribution in [2.45, 2.75) is 11.3 Å². The van der Waals surface area contributed by atoms with Gasteiger partial charge in [-0.05, 0) is 30.3 Å². The normalized spacial score (nSPS) is 12.2. The van der Waals surface area contributed by atoms with E-state index in [2.05, 4.69) is 25.1 Å². The highest BCUT2D eigenvalue weighted by molar-refractivity contribution is 7.89. The van der Waals surface area contributed by atoms with Gasteiger partial charge in [0, 0.05) is 24.5 Å². The molecule has 0 fully saturated rings. The Kier molecular flexibility index (Phi) is 3.51. The van der Waals surface area contributed by atoms with Gasteiger partial charge in [-0.2, -0.15) is 5.10 Å². The van der Waals surface area contributed by atoms with Crippen molar-refractivity contribution in [2.24, 2.45) is 0 Å². The van der Waals surface area contributed by atoms with Crippen LogP contribution in [0.15, 0.2) is 53.7 Å². The van der Waals surface area contributed by atoms with E-state index in [0.29, 0.717) is 17.8 Å². The molecule has 8 nitrogen and oxygen atoms in total. The third-order valence-corrected chi connectivity index (χ3v) is 5.21. The molecule has 0 saturated heterocycles. The van der Waals surface area contributed by atoms with Crippen LogP contribution in [0.4, 0.5) is 0 Å². The first kappa shape index (κ1) is 14.8. The number of aromatic nitrogens is 5. The van der Waals surface area contributed by atoms with Gasteiger partial charge >= 0.3 is 0 Å². The van der Waals surface area contributed by atoms with Crippen molar-refractivity contribution in [2.75, 3.05) is 6.54 Å². The lowest BCUT2D eigenvalue weighted by Crippen LogP contribution is -2.26. The highest BCUT2D eigenvalue weighted by atomic mass is 32.2. The number of fused-ring (bicyclic) bond motifs is 2. The van der Waals surface area contributed by atoms with E-state index in [1.54, 1.807) is 24.4 Å². The van der Waals surface area contributed by atoms with E-state index < -0.39 is 10.0 Å². The monoisotopic (exact) mass is 342 g/mol. The first-order valence-electron chi connectivity index (χ1n) is 7.35. The Morgan fingerprint density at radius 1 is 1.17 bits per heavy atom. The van der Waals surface area contributed by atoms with Crippen LogP contribution in [0.5, 0.6) is 0 Å². The van der Waals surface area contributed by atoms with Crippen molar-refractivity contribution in [1.82, 2.24) is 29.5 Å². The molecule has 3 aromatic heterocycles. The van der Waals surface area contributed by atoms with Gasteiger partial charge in [0.15, 0.2) is 5.65 Å². The average Bonchev–Trinajstić information content (AvgIpc) is 3.21. The molecule has 0 aliphatic heterocycles. The van der Waals surface area contributed by atoms with Gasteiger partial charge in [-0.15, -0.1) is 10.2 Å². The zero-order chi connectivity index (χ0) is 16.6. The van der Waals surface area contributed by atoms with Gasteiger partial charge in [-0.25, -0.2) is 13.1 Å². The number of hydrogen-bond acceptors (Lipinski definition) is 5. The molecular formula is C15H14N6O2S. The highest BCUT2D eigenvalue weighted by Gasteiger charge is 2.15. The minimum absolute atomic E-state index is 0.199. The molecule has 4 rings (SSSR count). The first-order valence-corrected chi connectivity index (χ1v) is 8.83. The number of pyridine rings is 1. The van der Waals surface area contributed by atoms with Gasteiger partial charge in [-0.1, -0.05) is 6.07 Å². The van der Waals surface area contributed by atoms with E-state index in [0.717, 1.165) is 11.0 Å². The minimum Gasteiger partial charge on any atom is -0.286 e. The Labute approximate surface area is 137 Å². The number of aromatic amines is 1. The molecule has 0 spiro atoms. The molecule has 0 bridgehead atoms. The SMILES string of the molecule is O=S(=O)(NCCc1nnc2ccccn12)c1ccc2cn[nH]c2c1. The second kappa shape index (κ2) is 5.69. The van der Waals surface area contributed by atoms with Gasteiger partial charge in [0.1, 0.15) is 5.82 Å². The molecule has 0 amide bonds. The summed E-state index contributed by atoms with van der Waals surface area (Å²) < 4.78 is 29.2. The summed E-state index contributed by atoms with van der Waals surface area (Å²) in [5, 5.41) is 15.7. The lowest BCUT2D eigenvalue weighted by molar-refractivity contribution is 0.580. The fraction of sp³-hybridized carbons (Fsp3) is 0.133. The highest BCUT2D eigenvalue weighted by Crippen LogP contribution is 2.16. The number of rotatable bonds is 5. The van der Waals surface area contributed by atoms with Crippen molar-refractivity contribution >= 4 is 26.6 Å². The maximum absolute atomic E-state index is 12.4. The van der Waals surface area contributed by atoms with Crippen LogP contribution in [0, 0.1) is 0 Å². The Hall–Kier alpha value is -2.78. The van der Waals surface area contributed by atoms with Crippen LogP contribution in [0.1, 0.15) is 5.82 Å². The van der Waals surface area contributed by atoms with E-state index in [1.165, 1.54) is 0 Å². The van der Waals surface area contributed by atoms with Crippen LogP contribution >= 0.6 is 0 Å². The molecule has 0 unspecified atom stereocenters. The molecule has 0 saturated carbocycles. The third kappa shape index (κ3) is 2.63. The zero-order valence-corrected chi connectivity index (χ0v) is 13.4. The van der Waals surface area contributed by atoms with Crippen molar-refractivity contribution in [3.05, 3.63) is 54.6 Å². The standard InChI is InChI=1S/C15H14N6O2S/c22-24(23,12-5-4-11-10-16-18-13(11)9-12)17-7-6-15-20-19-14-3-1-2-8-21(14)15/h1-5,8-10,17H,6-7H2,(H,16,18). The predicted molar refractivity (Wildman–Crippen MR) is 88.0 cm³/mol.